The van der Waals surface area contributed by atoms with E-state index >= 15 is 0 Å². The zero-order valence-electron chi connectivity index (χ0n) is 13.8. The average molecular weight is 334 g/mol. The van der Waals surface area contributed by atoms with Crippen LogP contribution in [0.2, 0.25) is 0 Å². The molecule has 6 nitrogen and oxygen atoms in total. The summed E-state index contributed by atoms with van der Waals surface area (Å²) in [4.78, 5) is 20.6. The van der Waals surface area contributed by atoms with Gasteiger partial charge in [-0.2, -0.15) is 0 Å². The summed E-state index contributed by atoms with van der Waals surface area (Å²) in [5.41, 5.74) is 2.06. The van der Waals surface area contributed by atoms with Gasteiger partial charge in [-0.3, -0.25) is 4.79 Å². The molecule has 0 unspecified atom stereocenters. The minimum Gasteiger partial charge on any atom is -0.497 e. The van der Waals surface area contributed by atoms with Crippen molar-refractivity contribution in [2.75, 3.05) is 17.7 Å². The Hall–Kier alpha value is -3.41. The van der Waals surface area contributed by atoms with Crippen LogP contribution in [-0.2, 0) is 6.54 Å². The molecule has 0 saturated heterocycles. The Morgan fingerprint density at radius 1 is 1.00 bits per heavy atom. The maximum Gasteiger partial charge on any atom is 0.275 e. The SMILES string of the molecule is COc1ccc(NC(=O)c2cnc(NCc3ccccc3)cn2)cc1. The smallest absolute Gasteiger partial charge is 0.275 e. The monoisotopic (exact) mass is 334 g/mol. The Morgan fingerprint density at radius 2 is 1.76 bits per heavy atom. The Balaban J connectivity index is 1.58. The number of nitrogens with one attached hydrogen (secondary N) is 2. The Kier molecular flexibility index (Phi) is 5.21. The average Bonchev–Trinajstić information content (AvgIpc) is 2.68. The van der Waals surface area contributed by atoms with Crippen LogP contribution in [-0.4, -0.2) is 23.0 Å². The second-order valence-corrected chi connectivity index (χ2v) is 5.31. The molecule has 0 fully saturated rings. The predicted octanol–water partition coefficient (Wildman–Crippen LogP) is 3.35. The number of carbonyl (C=O) groups excluding carboxylic acids is 1. The predicted molar refractivity (Wildman–Crippen MR) is 96.7 cm³/mol. The van der Waals surface area contributed by atoms with Gasteiger partial charge in [0, 0.05) is 12.2 Å². The molecule has 1 aromatic heterocycles. The maximum absolute atomic E-state index is 12.2. The molecule has 1 amide bonds. The fraction of sp³-hybridized carbons (Fsp3) is 0.105. The highest BCUT2D eigenvalue weighted by Crippen LogP contribution is 2.15. The minimum atomic E-state index is -0.313. The van der Waals surface area contributed by atoms with Gasteiger partial charge in [0.15, 0.2) is 0 Å². The molecule has 2 N–H and O–H groups in total. The summed E-state index contributed by atoms with van der Waals surface area (Å²) in [7, 11) is 1.59. The number of benzene rings is 2. The van der Waals surface area contributed by atoms with Crippen molar-refractivity contribution < 1.29 is 9.53 Å². The van der Waals surface area contributed by atoms with Crippen LogP contribution < -0.4 is 15.4 Å². The van der Waals surface area contributed by atoms with E-state index in [0.29, 0.717) is 18.1 Å². The molecule has 0 saturated carbocycles. The zero-order valence-corrected chi connectivity index (χ0v) is 13.8. The van der Waals surface area contributed by atoms with Gasteiger partial charge < -0.3 is 15.4 Å². The first-order valence-electron chi connectivity index (χ1n) is 7.80. The number of hydrogen-bond acceptors (Lipinski definition) is 5. The molecule has 0 atom stereocenters. The van der Waals surface area contributed by atoms with E-state index in [0.717, 1.165) is 11.3 Å². The highest BCUT2D eigenvalue weighted by Gasteiger charge is 2.08. The Labute approximate surface area is 145 Å². The van der Waals surface area contributed by atoms with Crippen molar-refractivity contribution in [3.05, 3.63) is 78.2 Å². The van der Waals surface area contributed by atoms with Crippen molar-refractivity contribution in [1.29, 1.82) is 0 Å². The highest BCUT2D eigenvalue weighted by molar-refractivity contribution is 6.02. The summed E-state index contributed by atoms with van der Waals surface area (Å²) in [5, 5.41) is 5.94. The number of hydrogen-bond donors (Lipinski definition) is 2. The van der Waals surface area contributed by atoms with E-state index in [-0.39, 0.29) is 11.6 Å². The lowest BCUT2D eigenvalue weighted by molar-refractivity contribution is 0.102. The zero-order chi connectivity index (χ0) is 17.5. The molecule has 2 aromatic carbocycles. The molecule has 0 aliphatic heterocycles. The lowest BCUT2D eigenvalue weighted by Crippen LogP contribution is -2.14. The van der Waals surface area contributed by atoms with Crippen LogP contribution >= 0.6 is 0 Å². The maximum atomic E-state index is 12.2. The highest BCUT2D eigenvalue weighted by atomic mass is 16.5. The number of amides is 1. The van der Waals surface area contributed by atoms with Crippen molar-refractivity contribution in [3.8, 4) is 5.75 Å². The molecule has 126 valence electrons. The van der Waals surface area contributed by atoms with Gasteiger partial charge in [0.1, 0.15) is 17.3 Å². The van der Waals surface area contributed by atoms with E-state index in [2.05, 4.69) is 20.6 Å². The first-order chi connectivity index (χ1) is 12.2. The van der Waals surface area contributed by atoms with Crippen molar-refractivity contribution in [3.63, 3.8) is 0 Å². The van der Waals surface area contributed by atoms with E-state index in [4.69, 9.17) is 4.74 Å². The van der Waals surface area contributed by atoms with Gasteiger partial charge in [0.05, 0.1) is 19.5 Å². The van der Waals surface area contributed by atoms with Gasteiger partial charge in [0.25, 0.3) is 5.91 Å². The molecule has 0 radical (unpaired) electrons. The normalized spacial score (nSPS) is 10.1. The summed E-state index contributed by atoms with van der Waals surface area (Å²) in [5.74, 6) is 1.03. The van der Waals surface area contributed by atoms with E-state index in [1.165, 1.54) is 6.20 Å². The lowest BCUT2D eigenvalue weighted by atomic mass is 10.2. The molecule has 0 aliphatic rings. The van der Waals surface area contributed by atoms with Crippen LogP contribution in [0.5, 0.6) is 5.75 Å². The van der Waals surface area contributed by atoms with Crippen LogP contribution in [0.4, 0.5) is 11.5 Å². The van der Waals surface area contributed by atoms with Gasteiger partial charge in [-0.1, -0.05) is 30.3 Å². The van der Waals surface area contributed by atoms with E-state index in [9.17, 15) is 4.79 Å². The molecule has 0 bridgehead atoms. The van der Waals surface area contributed by atoms with Gasteiger partial charge in [-0.25, -0.2) is 9.97 Å². The first-order valence-corrected chi connectivity index (χ1v) is 7.80. The van der Waals surface area contributed by atoms with Gasteiger partial charge in [0.2, 0.25) is 0 Å². The summed E-state index contributed by atoms with van der Waals surface area (Å²) in [6.45, 7) is 0.646. The number of nitrogens with zero attached hydrogens (tertiary/aromatic N) is 2. The van der Waals surface area contributed by atoms with Crippen molar-refractivity contribution in [2.45, 2.75) is 6.54 Å². The molecule has 3 aromatic rings. The fourth-order valence-corrected chi connectivity index (χ4v) is 2.19. The molecule has 3 rings (SSSR count). The number of rotatable bonds is 6. The third kappa shape index (κ3) is 4.54. The van der Waals surface area contributed by atoms with Gasteiger partial charge in [-0.05, 0) is 29.8 Å². The second-order valence-electron chi connectivity index (χ2n) is 5.31. The van der Waals surface area contributed by atoms with Crippen LogP contribution in [0, 0.1) is 0 Å². The largest absolute Gasteiger partial charge is 0.497 e. The summed E-state index contributed by atoms with van der Waals surface area (Å²) >= 11 is 0. The standard InChI is InChI=1S/C19H18N4O2/c1-25-16-9-7-15(8-10-16)23-19(24)17-12-22-18(13-20-17)21-11-14-5-3-2-4-6-14/h2-10,12-13H,11H2,1H3,(H,21,22)(H,23,24). The molecule has 0 spiro atoms. The Morgan fingerprint density at radius 3 is 2.40 bits per heavy atom. The van der Waals surface area contributed by atoms with Gasteiger partial charge >= 0.3 is 0 Å². The summed E-state index contributed by atoms with van der Waals surface area (Å²) < 4.78 is 5.08. The van der Waals surface area contributed by atoms with Crippen LogP contribution in [0.25, 0.3) is 0 Å². The fourth-order valence-electron chi connectivity index (χ4n) is 2.19. The third-order valence-corrected chi connectivity index (χ3v) is 3.55. The molecular formula is C19H18N4O2. The molecular weight excluding hydrogens is 316 g/mol. The number of methoxy groups -OCH3 is 1. The van der Waals surface area contributed by atoms with Crippen molar-refractivity contribution in [1.82, 2.24) is 9.97 Å². The molecule has 25 heavy (non-hydrogen) atoms. The number of carbonyl (C=O) groups is 1. The second kappa shape index (κ2) is 7.92. The first kappa shape index (κ1) is 16.4. The van der Waals surface area contributed by atoms with Gasteiger partial charge in [-0.15, -0.1) is 0 Å². The van der Waals surface area contributed by atoms with E-state index < -0.39 is 0 Å². The topological polar surface area (TPSA) is 76.1 Å². The third-order valence-electron chi connectivity index (χ3n) is 3.55. The van der Waals surface area contributed by atoms with E-state index in [1.54, 1.807) is 37.6 Å². The number of anilines is 2. The van der Waals surface area contributed by atoms with Crippen molar-refractivity contribution in [2.24, 2.45) is 0 Å². The number of aromatic nitrogens is 2. The Bertz CT molecular complexity index is 818. The van der Waals surface area contributed by atoms with Crippen LogP contribution in [0.15, 0.2) is 67.0 Å². The van der Waals surface area contributed by atoms with Crippen molar-refractivity contribution >= 4 is 17.4 Å². The quantitative estimate of drug-likeness (QED) is 0.723. The van der Waals surface area contributed by atoms with Crippen LogP contribution in [0.1, 0.15) is 16.1 Å². The minimum absolute atomic E-state index is 0.251. The number of ether oxygens (including phenoxy) is 1. The summed E-state index contributed by atoms with van der Waals surface area (Å²) in [6, 6.07) is 17.1. The molecule has 0 aliphatic carbocycles. The molecule has 6 heteroatoms. The van der Waals surface area contributed by atoms with E-state index in [1.807, 2.05) is 30.3 Å². The lowest BCUT2D eigenvalue weighted by Gasteiger charge is -2.07. The molecule has 1 heterocycles. The summed E-state index contributed by atoms with van der Waals surface area (Å²) in [6.07, 6.45) is 3.00. The van der Waals surface area contributed by atoms with Crippen LogP contribution in [0.3, 0.4) is 0 Å².